The smallest absolute Gasteiger partial charge is 0.255 e. The molecule has 2 amide bonds. The number of aromatic nitrogens is 2. The first-order chi connectivity index (χ1) is 16.0. The second-order valence-corrected chi connectivity index (χ2v) is 8.34. The number of fused-ring (bicyclic) bond motifs is 1. The average molecular weight is 463 g/mol. The molecular weight excluding hydrogens is 439 g/mol. The molecule has 0 aliphatic rings. The number of nitrogens with zero attached hydrogens (tertiary/aromatic N) is 2. The van der Waals surface area contributed by atoms with Crippen molar-refractivity contribution in [3.05, 3.63) is 95.6 Å². The highest BCUT2D eigenvalue weighted by molar-refractivity contribution is 7.97. The summed E-state index contributed by atoms with van der Waals surface area (Å²) in [6.07, 6.45) is 2.00. The summed E-state index contributed by atoms with van der Waals surface area (Å²) in [5.74, 6) is 0.583. The summed E-state index contributed by atoms with van der Waals surface area (Å²) in [5.41, 5.74) is 3.44. The molecule has 0 radical (unpaired) electrons. The van der Waals surface area contributed by atoms with Gasteiger partial charge in [-0.1, -0.05) is 30.3 Å². The van der Waals surface area contributed by atoms with E-state index in [4.69, 9.17) is 0 Å². The van der Waals surface area contributed by atoms with Gasteiger partial charge in [0.15, 0.2) is 0 Å². The van der Waals surface area contributed by atoms with Gasteiger partial charge in [-0.3, -0.25) is 9.59 Å². The molecule has 0 unspecified atom stereocenters. The van der Waals surface area contributed by atoms with Gasteiger partial charge in [-0.05, 0) is 54.3 Å². The normalized spacial score (nSPS) is 10.8. The minimum atomic E-state index is -0.467. The maximum atomic E-state index is 13.4. The zero-order chi connectivity index (χ0) is 23.2. The molecule has 0 saturated carbocycles. The van der Waals surface area contributed by atoms with E-state index in [2.05, 4.69) is 15.6 Å². The molecule has 2 N–H and O–H groups in total. The SMILES string of the molecule is CSCc1nc2ccccc2n1CC(=O)NCc1cccc(NC(=O)c2cccc(F)c2)c1. The number of amides is 2. The predicted octanol–water partition coefficient (Wildman–Crippen LogP) is 4.61. The number of carbonyl (C=O) groups is 2. The van der Waals surface area contributed by atoms with Gasteiger partial charge in [0.25, 0.3) is 5.91 Å². The van der Waals surface area contributed by atoms with Crippen molar-refractivity contribution in [3.63, 3.8) is 0 Å². The zero-order valence-corrected chi connectivity index (χ0v) is 18.9. The lowest BCUT2D eigenvalue weighted by molar-refractivity contribution is -0.121. The van der Waals surface area contributed by atoms with Crippen molar-refractivity contribution in [2.24, 2.45) is 0 Å². The van der Waals surface area contributed by atoms with E-state index in [1.54, 1.807) is 36.0 Å². The van der Waals surface area contributed by atoms with Crippen molar-refractivity contribution in [2.75, 3.05) is 11.6 Å². The number of benzene rings is 3. The Kier molecular flexibility index (Phi) is 7.04. The summed E-state index contributed by atoms with van der Waals surface area (Å²) in [7, 11) is 0. The average Bonchev–Trinajstić information content (AvgIpc) is 3.15. The maximum Gasteiger partial charge on any atom is 0.255 e. The van der Waals surface area contributed by atoms with Crippen molar-refractivity contribution >= 4 is 40.3 Å². The number of nitrogens with one attached hydrogen (secondary N) is 2. The topological polar surface area (TPSA) is 76.0 Å². The van der Waals surface area contributed by atoms with Gasteiger partial charge in [-0.2, -0.15) is 11.8 Å². The van der Waals surface area contributed by atoms with Crippen LogP contribution in [0.4, 0.5) is 10.1 Å². The third-order valence-corrected chi connectivity index (χ3v) is 5.62. The van der Waals surface area contributed by atoms with E-state index in [-0.39, 0.29) is 18.0 Å². The molecule has 6 nitrogen and oxygen atoms in total. The monoisotopic (exact) mass is 462 g/mol. The van der Waals surface area contributed by atoms with Gasteiger partial charge in [0.05, 0.1) is 16.8 Å². The summed E-state index contributed by atoms with van der Waals surface area (Å²) < 4.78 is 15.3. The predicted molar refractivity (Wildman–Crippen MR) is 130 cm³/mol. The van der Waals surface area contributed by atoms with Gasteiger partial charge in [0.1, 0.15) is 18.2 Å². The van der Waals surface area contributed by atoms with E-state index in [1.807, 2.05) is 41.2 Å². The molecule has 0 spiro atoms. The molecule has 8 heteroatoms. The molecule has 0 fully saturated rings. The zero-order valence-electron chi connectivity index (χ0n) is 18.0. The summed E-state index contributed by atoms with van der Waals surface area (Å²) >= 11 is 1.66. The molecule has 168 valence electrons. The quantitative estimate of drug-likeness (QED) is 0.401. The van der Waals surface area contributed by atoms with E-state index in [0.29, 0.717) is 12.2 Å². The highest BCUT2D eigenvalue weighted by atomic mass is 32.2. The summed E-state index contributed by atoms with van der Waals surface area (Å²) in [5, 5.41) is 5.69. The highest BCUT2D eigenvalue weighted by Gasteiger charge is 2.13. The van der Waals surface area contributed by atoms with Crippen molar-refractivity contribution in [1.29, 1.82) is 0 Å². The molecule has 4 rings (SSSR count). The number of anilines is 1. The van der Waals surface area contributed by atoms with Crippen molar-refractivity contribution in [2.45, 2.75) is 18.8 Å². The molecule has 0 saturated heterocycles. The fraction of sp³-hybridized carbons (Fsp3) is 0.160. The van der Waals surface area contributed by atoms with Gasteiger partial charge in [0, 0.05) is 17.8 Å². The fourth-order valence-corrected chi connectivity index (χ4v) is 4.01. The van der Waals surface area contributed by atoms with Gasteiger partial charge in [-0.25, -0.2) is 9.37 Å². The standard InChI is InChI=1S/C25H23FN4O2S/c1-33-16-23-29-21-10-2-3-11-22(21)30(23)15-24(31)27-14-17-6-4-9-20(12-17)28-25(32)18-7-5-8-19(26)13-18/h2-13H,14-16H2,1H3,(H,27,31)(H,28,32). The number of carbonyl (C=O) groups excluding carboxylic acids is 2. The van der Waals surface area contributed by atoms with Crippen LogP contribution in [-0.4, -0.2) is 27.6 Å². The number of rotatable bonds is 8. The van der Waals surface area contributed by atoms with Crippen LogP contribution in [0, 0.1) is 5.82 Å². The van der Waals surface area contributed by atoms with E-state index in [1.165, 1.54) is 18.2 Å². The largest absolute Gasteiger partial charge is 0.350 e. The molecule has 1 aromatic heterocycles. The third kappa shape index (κ3) is 5.59. The van der Waals surface area contributed by atoms with Crippen LogP contribution in [-0.2, 0) is 23.6 Å². The lowest BCUT2D eigenvalue weighted by Crippen LogP contribution is -2.27. The van der Waals surface area contributed by atoms with Crippen molar-refractivity contribution in [1.82, 2.24) is 14.9 Å². The molecule has 0 aliphatic carbocycles. The molecule has 0 atom stereocenters. The molecule has 3 aromatic carbocycles. The molecule has 0 aliphatic heterocycles. The lowest BCUT2D eigenvalue weighted by Gasteiger charge is -2.11. The first kappa shape index (κ1) is 22.5. The lowest BCUT2D eigenvalue weighted by atomic mass is 10.1. The van der Waals surface area contributed by atoms with Crippen LogP contribution in [0.15, 0.2) is 72.8 Å². The number of halogens is 1. The van der Waals surface area contributed by atoms with Gasteiger partial charge in [0.2, 0.25) is 5.91 Å². The van der Waals surface area contributed by atoms with E-state index in [0.717, 1.165) is 28.2 Å². The van der Waals surface area contributed by atoms with Crippen LogP contribution in [0.3, 0.4) is 0 Å². The van der Waals surface area contributed by atoms with E-state index >= 15 is 0 Å². The number of para-hydroxylation sites is 2. The Morgan fingerprint density at radius 2 is 1.85 bits per heavy atom. The minimum Gasteiger partial charge on any atom is -0.350 e. The van der Waals surface area contributed by atoms with Crippen LogP contribution in [0.1, 0.15) is 21.7 Å². The Hall–Kier alpha value is -3.65. The first-order valence-corrected chi connectivity index (χ1v) is 11.8. The maximum absolute atomic E-state index is 13.4. The number of imidazole rings is 1. The van der Waals surface area contributed by atoms with Crippen LogP contribution in [0.5, 0.6) is 0 Å². The van der Waals surface area contributed by atoms with Gasteiger partial charge in [-0.15, -0.1) is 0 Å². The van der Waals surface area contributed by atoms with E-state index in [9.17, 15) is 14.0 Å². The van der Waals surface area contributed by atoms with Gasteiger partial charge >= 0.3 is 0 Å². The van der Waals surface area contributed by atoms with Crippen LogP contribution in [0.2, 0.25) is 0 Å². The number of hydrogen-bond donors (Lipinski definition) is 2. The Balaban J connectivity index is 1.40. The first-order valence-electron chi connectivity index (χ1n) is 10.4. The highest BCUT2D eigenvalue weighted by Crippen LogP contribution is 2.19. The molecule has 1 heterocycles. The van der Waals surface area contributed by atoms with Crippen LogP contribution < -0.4 is 10.6 Å². The fourth-order valence-electron chi connectivity index (χ4n) is 3.53. The second-order valence-electron chi connectivity index (χ2n) is 7.48. The molecule has 33 heavy (non-hydrogen) atoms. The minimum absolute atomic E-state index is 0.130. The van der Waals surface area contributed by atoms with E-state index < -0.39 is 11.7 Å². The summed E-state index contributed by atoms with van der Waals surface area (Å²) in [6.45, 7) is 0.486. The summed E-state index contributed by atoms with van der Waals surface area (Å²) in [4.78, 5) is 29.7. The summed E-state index contributed by atoms with van der Waals surface area (Å²) in [6, 6.07) is 20.5. The second kappa shape index (κ2) is 10.3. The van der Waals surface area contributed by atoms with Crippen molar-refractivity contribution < 1.29 is 14.0 Å². The van der Waals surface area contributed by atoms with Gasteiger partial charge < -0.3 is 15.2 Å². The third-order valence-electron chi connectivity index (χ3n) is 5.07. The Bertz CT molecular complexity index is 1300. The van der Waals surface area contributed by atoms with Crippen molar-refractivity contribution in [3.8, 4) is 0 Å². The molecule has 0 bridgehead atoms. The Morgan fingerprint density at radius 3 is 2.67 bits per heavy atom. The number of thioether (sulfide) groups is 1. The number of hydrogen-bond acceptors (Lipinski definition) is 4. The Morgan fingerprint density at radius 1 is 1.03 bits per heavy atom. The Labute approximate surface area is 195 Å². The molecular formula is C25H23FN4O2S. The van der Waals surface area contributed by atoms with Crippen LogP contribution >= 0.6 is 11.8 Å². The molecule has 4 aromatic rings. The van der Waals surface area contributed by atoms with Crippen LogP contribution in [0.25, 0.3) is 11.0 Å².